The average molecular weight is 341 g/mol. The molecule has 0 fully saturated rings. The van der Waals surface area contributed by atoms with Gasteiger partial charge in [-0.25, -0.2) is 4.98 Å². The predicted octanol–water partition coefficient (Wildman–Crippen LogP) is 3.44. The van der Waals surface area contributed by atoms with Gasteiger partial charge in [-0.2, -0.15) is 0 Å². The summed E-state index contributed by atoms with van der Waals surface area (Å²) in [4.78, 5) is 6.38. The zero-order valence-electron chi connectivity index (χ0n) is 14.7. The van der Waals surface area contributed by atoms with Crippen LogP contribution in [-0.4, -0.2) is 37.4 Å². The minimum Gasteiger partial charge on any atom is -0.493 e. The van der Waals surface area contributed by atoms with Gasteiger partial charge in [0.2, 0.25) is 0 Å². The Morgan fingerprint density at radius 2 is 2.16 bits per heavy atom. The first-order valence-corrected chi connectivity index (χ1v) is 8.23. The number of hydrogen-bond acceptors (Lipinski definition) is 6. The normalized spacial score (nSPS) is 12.2. The molecule has 0 amide bonds. The van der Waals surface area contributed by atoms with Gasteiger partial charge >= 0.3 is 0 Å². The van der Waals surface area contributed by atoms with E-state index in [0.29, 0.717) is 6.54 Å². The number of benzene rings is 1. The van der Waals surface area contributed by atoms with Gasteiger partial charge in [0.25, 0.3) is 0 Å². The molecule has 0 saturated heterocycles. The summed E-state index contributed by atoms with van der Waals surface area (Å²) in [6, 6.07) is 11.7. The summed E-state index contributed by atoms with van der Waals surface area (Å²) in [6.45, 7) is 2.71. The smallest absolute Gasteiger partial charge is 0.176 e. The standard InChI is InChI=1S/C19H23N3O3/c1-13(17-11-14-5-4-6-16(24-3)19(14)25-17)21-18-8-7-15(12-20-18)22(2)9-10-23/h4-8,11-13,23H,9-10H2,1-3H3,(H,20,21). The molecule has 2 N–H and O–H groups in total. The summed E-state index contributed by atoms with van der Waals surface area (Å²) in [5.41, 5.74) is 1.71. The molecule has 0 aliphatic rings. The molecule has 132 valence electrons. The van der Waals surface area contributed by atoms with Gasteiger partial charge < -0.3 is 24.5 Å². The van der Waals surface area contributed by atoms with Crippen molar-refractivity contribution >= 4 is 22.5 Å². The summed E-state index contributed by atoms with van der Waals surface area (Å²) in [7, 11) is 3.56. The highest BCUT2D eigenvalue weighted by Gasteiger charge is 2.14. The molecule has 0 aliphatic carbocycles. The molecule has 2 aromatic heterocycles. The van der Waals surface area contributed by atoms with E-state index in [1.54, 1.807) is 13.3 Å². The number of methoxy groups -OCH3 is 1. The quantitative estimate of drug-likeness (QED) is 0.686. The molecule has 6 heteroatoms. The molecular formula is C19H23N3O3. The number of para-hydroxylation sites is 1. The topological polar surface area (TPSA) is 70.8 Å². The second-order valence-corrected chi connectivity index (χ2v) is 5.94. The molecule has 2 heterocycles. The van der Waals surface area contributed by atoms with Gasteiger partial charge in [-0.05, 0) is 31.2 Å². The summed E-state index contributed by atoms with van der Waals surface area (Å²) < 4.78 is 11.3. The molecule has 0 saturated carbocycles. The lowest BCUT2D eigenvalue weighted by Gasteiger charge is -2.18. The first-order chi connectivity index (χ1) is 12.1. The molecule has 1 atom stereocenters. The van der Waals surface area contributed by atoms with Gasteiger partial charge in [-0.15, -0.1) is 0 Å². The molecular weight excluding hydrogens is 318 g/mol. The lowest BCUT2D eigenvalue weighted by atomic mass is 10.2. The molecule has 0 radical (unpaired) electrons. The van der Waals surface area contributed by atoms with Crippen LogP contribution in [0.4, 0.5) is 11.5 Å². The van der Waals surface area contributed by atoms with Crippen molar-refractivity contribution in [1.29, 1.82) is 0 Å². The third-order valence-electron chi connectivity index (χ3n) is 4.16. The van der Waals surface area contributed by atoms with Crippen molar-refractivity contribution in [3.05, 3.63) is 48.4 Å². The van der Waals surface area contributed by atoms with Gasteiger partial charge in [0, 0.05) is 19.0 Å². The monoisotopic (exact) mass is 341 g/mol. The van der Waals surface area contributed by atoms with Crippen molar-refractivity contribution in [2.75, 3.05) is 37.5 Å². The van der Waals surface area contributed by atoms with Crippen molar-refractivity contribution in [3.8, 4) is 5.75 Å². The highest BCUT2D eigenvalue weighted by molar-refractivity contribution is 5.83. The van der Waals surface area contributed by atoms with Crippen molar-refractivity contribution in [2.24, 2.45) is 0 Å². The van der Waals surface area contributed by atoms with Crippen molar-refractivity contribution in [2.45, 2.75) is 13.0 Å². The van der Waals surface area contributed by atoms with E-state index in [1.165, 1.54) is 0 Å². The Balaban J connectivity index is 1.75. The largest absolute Gasteiger partial charge is 0.493 e. The van der Waals surface area contributed by atoms with E-state index in [-0.39, 0.29) is 12.6 Å². The summed E-state index contributed by atoms with van der Waals surface area (Å²) in [5, 5.41) is 13.4. The van der Waals surface area contributed by atoms with Gasteiger partial charge in [0.15, 0.2) is 11.3 Å². The van der Waals surface area contributed by atoms with Crippen LogP contribution in [0.25, 0.3) is 11.0 Å². The fraction of sp³-hybridized carbons (Fsp3) is 0.316. The molecule has 0 bridgehead atoms. The number of fused-ring (bicyclic) bond motifs is 1. The molecule has 3 aromatic rings. The molecule has 1 aromatic carbocycles. The predicted molar refractivity (Wildman–Crippen MR) is 99.4 cm³/mol. The van der Waals surface area contributed by atoms with Gasteiger partial charge in [-0.3, -0.25) is 0 Å². The van der Waals surface area contributed by atoms with E-state index >= 15 is 0 Å². The number of furan rings is 1. The van der Waals surface area contributed by atoms with Gasteiger partial charge in [-0.1, -0.05) is 12.1 Å². The van der Waals surface area contributed by atoms with Crippen molar-refractivity contribution in [1.82, 2.24) is 4.98 Å². The third kappa shape index (κ3) is 3.69. The molecule has 25 heavy (non-hydrogen) atoms. The first-order valence-electron chi connectivity index (χ1n) is 8.23. The maximum atomic E-state index is 9.00. The van der Waals surface area contributed by atoms with Crippen LogP contribution in [0, 0.1) is 0 Å². The van der Waals surface area contributed by atoms with Gasteiger partial charge in [0.05, 0.1) is 31.6 Å². The molecule has 1 unspecified atom stereocenters. The number of aromatic nitrogens is 1. The van der Waals surface area contributed by atoms with E-state index in [4.69, 9.17) is 14.3 Å². The van der Waals surface area contributed by atoms with Crippen LogP contribution < -0.4 is 15.0 Å². The van der Waals surface area contributed by atoms with Crippen LogP contribution in [0.15, 0.2) is 47.0 Å². The second-order valence-electron chi connectivity index (χ2n) is 5.94. The lowest BCUT2D eigenvalue weighted by Crippen LogP contribution is -2.21. The SMILES string of the molecule is COc1cccc2cc(C(C)Nc3ccc(N(C)CCO)cn3)oc12. The Bertz CT molecular complexity index is 830. The maximum Gasteiger partial charge on any atom is 0.176 e. The fourth-order valence-corrected chi connectivity index (χ4v) is 2.70. The zero-order chi connectivity index (χ0) is 17.8. The molecule has 6 nitrogen and oxygen atoms in total. The number of likely N-dealkylation sites (N-methyl/N-ethyl adjacent to an activating group) is 1. The first kappa shape index (κ1) is 17.1. The minimum atomic E-state index is -0.0365. The number of pyridine rings is 1. The minimum absolute atomic E-state index is 0.0365. The highest BCUT2D eigenvalue weighted by atomic mass is 16.5. The fourth-order valence-electron chi connectivity index (χ4n) is 2.70. The van der Waals surface area contributed by atoms with E-state index in [9.17, 15) is 0 Å². The molecule has 3 rings (SSSR count). The zero-order valence-corrected chi connectivity index (χ0v) is 14.7. The van der Waals surface area contributed by atoms with E-state index in [2.05, 4.69) is 10.3 Å². The second kappa shape index (κ2) is 7.44. The van der Waals surface area contributed by atoms with Gasteiger partial charge in [0.1, 0.15) is 11.6 Å². The Kier molecular flexibility index (Phi) is 5.09. The Labute approximate surface area is 147 Å². The molecule has 0 spiro atoms. The van der Waals surface area contributed by atoms with Crippen molar-refractivity contribution in [3.63, 3.8) is 0 Å². The van der Waals surface area contributed by atoms with Crippen LogP contribution in [0.5, 0.6) is 5.75 Å². The summed E-state index contributed by atoms with van der Waals surface area (Å²) >= 11 is 0. The number of hydrogen-bond donors (Lipinski definition) is 2. The number of aliphatic hydroxyl groups excluding tert-OH is 1. The van der Waals surface area contributed by atoms with E-state index < -0.39 is 0 Å². The number of rotatable bonds is 7. The number of ether oxygens (including phenoxy) is 1. The maximum absolute atomic E-state index is 9.00. The Hall–Kier alpha value is -2.73. The number of anilines is 2. The van der Waals surface area contributed by atoms with E-state index in [0.717, 1.165) is 34.0 Å². The third-order valence-corrected chi connectivity index (χ3v) is 4.16. The number of nitrogens with one attached hydrogen (secondary N) is 1. The molecule has 0 aliphatic heterocycles. The highest BCUT2D eigenvalue weighted by Crippen LogP contribution is 2.31. The number of nitrogens with zero attached hydrogens (tertiary/aromatic N) is 2. The number of aliphatic hydroxyl groups is 1. The Morgan fingerprint density at radius 1 is 1.32 bits per heavy atom. The summed E-state index contributed by atoms with van der Waals surface area (Å²) in [6.07, 6.45) is 1.78. The van der Waals surface area contributed by atoms with Crippen LogP contribution in [0.3, 0.4) is 0 Å². The van der Waals surface area contributed by atoms with Crippen LogP contribution >= 0.6 is 0 Å². The lowest BCUT2D eigenvalue weighted by molar-refractivity contribution is 0.304. The average Bonchev–Trinajstić information content (AvgIpc) is 3.07. The van der Waals surface area contributed by atoms with E-state index in [1.807, 2.05) is 55.3 Å². The van der Waals surface area contributed by atoms with Crippen LogP contribution in [-0.2, 0) is 0 Å². The Morgan fingerprint density at radius 3 is 2.84 bits per heavy atom. The van der Waals surface area contributed by atoms with Crippen LogP contribution in [0.2, 0.25) is 0 Å². The van der Waals surface area contributed by atoms with Crippen LogP contribution in [0.1, 0.15) is 18.7 Å². The summed E-state index contributed by atoms with van der Waals surface area (Å²) in [5.74, 6) is 2.31. The van der Waals surface area contributed by atoms with Crippen molar-refractivity contribution < 1.29 is 14.3 Å².